The number of nitrogens with zero attached hydrogens (tertiary/aromatic N) is 1. The molecule has 0 spiro atoms. The molecule has 0 aliphatic rings. The van der Waals surface area contributed by atoms with Crippen LogP contribution in [-0.2, 0) is 4.74 Å². The summed E-state index contributed by atoms with van der Waals surface area (Å²) >= 11 is 0. The van der Waals surface area contributed by atoms with Crippen molar-refractivity contribution in [2.75, 3.05) is 7.11 Å². The first-order valence-corrected chi connectivity index (χ1v) is 5.84. The van der Waals surface area contributed by atoms with Crippen molar-refractivity contribution < 1.29 is 19.2 Å². The summed E-state index contributed by atoms with van der Waals surface area (Å²) in [5.74, 6) is -1.23. The highest BCUT2D eigenvalue weighted by molar-refractivity contribution is 5.99. The lowest BCUT2D eigenvalue weighted by Crippen LogP contribution is -2.40. The molecule has 108 valence electrons. The maximum atomic E-state index is 12.0. The zero-order chi connectivity index (χ0) is 15.5. The van der Waals surface area contributed by atoms with E-state index in [1.807, 2.05) is 0 Å². The summed E-state index contributed by atoms with van der Waals surface area (Å²) in [6.07, 6.45) is 0. The second kappa shape index (κ2) is 5.68. The summed E-state index contributed by atoms with van der Waals surface area (Å²) in [7, 11) is 1.16. The third kappa shape index (κ3) is 4.04. The Morgan fingerprint density at radius 3 is 2.20 bits per heavy atom. The largest absolute Gasteiger partial charge is 0.465 e. The molecule has 0 saturated carbocycles. The zero-order valence-electron chi connectivity index (χ0n) is 11.7. The molecular weight excluding hydrogens is 264 g/mol. The minimum Gasteiger partial charge on any atom is -0.465 e. The Bertz CT molecular complexity index is 560. The van der Waals surface area contributed by atoms with Crippen LogP contribution in [0.25, 0.3) is 0 Å². The number of nitrogens with one attached hydrogen (secondary N) is 1. The molecule has 0 bridgehead atoms. The minimum absolute atomic E-state index is 0.0366. The van der Waals surface area contributed by atoms with Gasteiger partial charge in [-0.25, -0.2) is 4.79 Å². The predicted octanol–water partition coefficient (Wildman–Crippen LogP) is 1.91. The number of esters is 1. The van der Waals surface area contributed by atoms with Crippen molar-refractivity contribution in [2.24, 2.45) is 0 Å². The molecular formula is C13H16N2O5. The average molecular weight is 280 g/mol. The molecule has 0 saturated heterocycles. The Balaban J connectivity index is 3.25. The van der Waals surface area contributed by atoms with Crippen molar-refractivity contribution in [1.29, 1.82) is 0 Å². The Kier molecular flexibility index (Phi) is 4.44. The van der Waals surface area contributed by atoms with Gasteiger partial charge in [-0.15, -0.1) is 0 Å². The van der Waals surface area contributed by atoms with Gasteiger partial charge in [0.1, 0.15) is 0 Å². The molecule has 1 rings (SSSR count). The van der Waals surface area contributed by atoms with E-state index in [2.05, 4.69) is 10.1 Å². The second-order valence-corrected chi connectivity index (χ2v) is 5.22. The summed E-state index contributed by atoms with van der Waals surface area (Å²) < 4.78 is 4.51. The van der Waals surface area contributed by atoms with Gasteiger partial charge in [-0.3, -0.25) is 14.9 Å². The van der Waals surface area contributed by atoms with Crippen molar-refractivity contribution in [3.8, 4) is 0 Å². The lowest BCUT2D eigenvalue weighted by molar-refractivity contribution is -0.384. The number of amides is 1. The quantitative estimate of drug-likeness (QED) is 0.518. The van der Waals surface area contributed by atoms with Crippen LogP contribution in [0.4, 0.5) is 5.69 Å². The van der Waals surface area contributed by atoms with E-state index in [9.17, 15) is 19.7 Å². The summed E-state index contributed by atoms with van der Waals surface area (Å²) in [6, 6.07) is 3.45. The van der Waals surface area contributed by atoms with Gasteiger partial charge in [0, 0.05) is 23.2 Å². The van der Waals surface area contributed by atoms with Crippen LogP contribution >= 0.6 is 0 Å². The Hall–Kier alpha value is -2.44. The number of nitro benzene ring substituents is 1. The van der Waals surface area contributed by atoms with E-state index < -0.39 is 22.3 Å². The first-order chi connectivity index (χ1) is 9.14. The number of ether oxygens (including phenoxy) is 1. The van der Waals surface area contributed by atoms with Gasteiger partial charge in [0.2, 0.25) is 0 Å². The Morgan fingerprint density at radius 2 is 1.75 bits per heavy atom. The Morgan fingerprint density at radius 1 is 1.20 bits per heavy atom. The van der Waals surface area contributed by atoms with Crippen molar-refractivity contribution >= 4 is 17.6 Å². The number of hydrogen-bond donors (Lipinski definition) is 1. The fraction of sp³-hybridized carbons (Fsp3) is 0.385. The molecule has 0 aromatic heterocycles. The second-order valence-electron chi connectivity index (χ2n) is 5.22. The van der Waals surface area contributed by atoms with Crippen molar-refractivity contribution in [3.63, 3.8) is 0 Å². The number of carbonyl (C=O) groups excluding carboxylic acids is 2. The van der Waals surface area contributed by atoms with Crippen LogP contribution in [-0.4, -0.2) is 29.4 Å². The maximum absolute atomic E-state index is 12.0. The van der Waals surface area contributed by atoms with Crippen LogP contribution < -0.4 is 5.32 Å². The van der Waals surface area contributed by atoms with E-state index in [0.717, 1.165) is 19.2 Å². The van der Waals surface area contributed by atoms with Crippen LogP contribution in [0.5, 0.6) is 0 Å². The zero-order valence-corrected chi connectivity index (χ0v) is 11.7. The molecule has 1 aromatic carbocycles. The molecule has 20 heavy (non-hydrogen) atoms. The number of methoxy groups -OCH3 is 1. The molecule has 0 atom stereocenters. The van der Waals surface area contributed by atoms with Gasteiger partial charge < -0.3 is 10.1 Å². The molecule has 7 heteroatoms. The summed E-state index contributed by atoms with van der Waals surface area (Å²) in [6.45, 7) is 5.34. The number of nitro groups is 1. The molecule has 0 aliphatic heterocycles. The monoisotopic (exact) mass is 280 g/mol. The van der Waals surface area contributed by atoms with Crippen molar-refractivity contribution in [3.05, 3.63) is 39.4 Å². The first-order valence-electron chi connectivity index (χ1n) is 5.84. The van der Waals surface area contributed by atoms with E-state index in [-0.39, 0.29) is 16.8 Å². The van der Waals surface area contributed by atoms with Gasteiger partial charge >= 0.3 is 5.97 Å². The van der Waals surface area contributed by atoms with E-state index >= 15 is 0 Å². The SMILES string of the molecule is COC(=O)c1cc(C(=O)NC(C)(C)C)cc([N+](=O)[O-])c1. The van der Waals surface area contributed by atoms with Crippen LogP contribution in [0, 0.1) is 10.1 Å². The van der Waals surface area contributed by atoms with E-state index in [0.29, 0.717) is 0 Å². The summed E-state index contributed by atoms with van der Waals surface area (Å²) in [5, 5.41) is 13.5. The lowest BCUT2D eigenvalue weighted by Gasteiger charge is -2.20. The number of rotatable bonds is 3. The van der Waals surface area contributed by atoms with Crippen molar-refractivity contribution in [2.45, 2.75) is 26.3 Å². The molecule has 1 amide bonds. The van der Waals surface area contributed by atoms with Gasteiger partial charge in [0.05, 0.1) is 17.6 Å². The van der Waals surface area contributed by atoms with Crippen LogP contribution in [0.3, 0.4) is 0 Å². The normalized spacial score (nSPS) is 10.8. The fourth-order valence-corrected chi connectivity index (χ4v) is 1.50. The Labute approximate surface area is 116 Å². The van der Waals surface area contributed by atoms with Gasteiger partial charge in [0.15, 0.2) is 0 Å². The van der Waals surface area contributed by atoms with Gasteiger partial charge in [-0.1, -0.05) is 0 Å². The summed E-state index contributed by atoms with van der Waals surface area (Å²) in [4.78, 5) is 33.7. The molecule has 0 aliphatic carbocycles. The lowest BCUT2D eigenvalue weighted by atomic mass is 10.1. The molecule has 1 N–H and O–H groups in total. The van der Waals surface area contributed by atoms with Gasteiger partial charge in [-0.05, 0) is 26.8 Å². The third-order valence-electron chi connectivity index (χ3n) is 2.30. The smallest absolute Gasteiger partial charge is 0.338 e. The molecule has 0 unspecified atom stereocenters. The highest BCUT2D eigenvalue weighted by Crippen LogP contribution is 2.18. The van der Waals surface area contributed by atoms with Gasteiger partial charge in [0.25, 0.3) is 11.6 Å². The highest BCUT2D eigenvalue weighted by Gasteiger charge is 2.21. The fourth-order valence-electron chi connectivity index (χ4n) is 1.50. The van der Waals surface area contributed by atoms with Crippen LogP contribution in [0.1, 0.15) is 41.5 Å². The molecule has 0 heterocycles. The predicted molar refractivity (Wildman–Crippen MR) is 71.7 cm³/mol. The third-order valence-corrected chi connectivity index (χ3v) is 2.30. The van der Waals surface area contributed by atoms with Crippen LogP contribution in [0.2, 0.25) is 0 Å². The molecule has 0 radical (unpaired) electrons. The van der Waals surface area contributed by atoms with Gasteiger partial charge in [-0.2, -0.15) is 0 Å². The minimum atomic E-state index is -0.737. The number of benzene rings is 1. The van der Waals surface area contributed by atoms with Crippen LogP contribution in [0.15, 0.2) is 18.2 Å². The maximum Gasteiger partial charge on any atom is 0.338 e. The first kappa shape index (κ1) is 15.6. The van der Waals surface area contributed by atoms with Crippen molar-refractivity contribution in [1.82, 2.24) is 5.32 Å². The molecule has 1 aromatic rings. The van der Waals surface area contributed by atoms with E-state index in [1.54, 1.807) is 20.8 Å². The average Bonchev–Trinajstić information content (AvgIpc) is 2.35. The summed E-state index contributed by atoms with van der Waals surface area (Å²) in [5.41, 5.74) is -0.838. The molecule has 0 fully saturated rings. The highest BCUT2D eigenvalue weighted by atomic mass is 16.6. The number of non-ortho nitro benzene ring substituents is 1. The molecule has 7 nitrogen and oxygen atoms in total. The number of hydrogen-bond acceptors (Lipinski definition) is 5. The standard InChI is InChI=1S/C13H16N2O5/c1-13(2,3)14-11(16)8-5-9(12(17)20-4)7-10(6-8)15(18)19/h5-7H,1-4H3,(H,14,16). The number of carbonyl (C=O) groups is 2. The topological polar surface area (TPSA) is 98.5 Å². The van der Waals surface area contributed by atoms with E-state index in [4.69, 9.17) is 0 Å². The van der Waals surface area contributed by atoms with E-state index in [1.165, 1.54) is 6.07 Å².